The van der Waals surface area contributed by atoms with Gasteiger partial charge in [0.25, 0.3) is 0 Å². The first-order chi connectivity index (χ1) is 48.7. The summed E-state index contributed by atoms with van der Waals surface area (Å²) in [5.41, 5.74) is 0.121. The molecule has 17 nitrogen and oxygen atoms in total. The Labute approximate surface area is 626 Å². The quantitative estimate of drug-likeness (QED) is 0.102. The van der Waals surface area contributed by atoms with Gasteiger partial charge in [0.05, 0.1) is 21.9 Å². The van der Waals surface area contributed by atoms with Gasteiger partial charge >= 0.3 is 17.9 Å². The molecule has 4 aliphatic heterocycles. The number of fused-ring (bicyclic) bond motifs is 7. The average molecular weight is 1450 g/mol. The summed E-state index contributed by atoms with van der Waals surface area (Å²) in [6.45, 7) is 41.3. The molecule has 17 heteroatoms. The fraction of sp³-hybridized carbons (Fsp3) is 0.816. The highest BCUT2D eigenvalue weighted by Gasteiger charge is 2.63. The number of anilines is 1. The Hall–Kier alpha value is -5.48. The molecule has 0 N–H and O–H groups in total. The van der Waals surface area contributed by atoms with Gasteiger partial charge in [0, 0.05) is 73.0 Å². The largest absolute Gasteiger partial charge is 0.462 e. The molecular formula is C87H138N4O13. The van der Waals surface area contributed by atoms with Crippen molar-refractivity contribution < 1.29 is 62.2 Å². The minimum Gasteiger partial charge on any atom is -0.462 e. The van der Waals surface area contributed by atoms with E-state index in [2.05, 4.69) is 48.5 Å². The standard InChI is InChI=1S/2C16H26O2.C16H28O2.C12H19NO2.C12H13NO2.C8H15NO.C7H11NO2/c1-4-15(2,3)14(17)18-16-8-11-5-12(9-16)7-13(6-11)10-16;1-4-16(2,3)15(17)18-14-9-10-8-13(14)12-7-5-6-11(10)12;1-7-14(2,3)13(17)18-12-10-11-8-9-16(12,6)15(11,4)5;2*1-8-9(2)12(15)13(11(8)14)10-6-4-3-5-7-10;1-3-7(2)9-6-4-5-8(9)10;1-4-5(2)7(10)8(3)6(4)9/h11-13H,4-10H2,1-3H3;10-14H,4-9H2,1-3H3;11-12H,7-10H2,1-6H3;8-10H,3-7H2,1-2H3;3-9H,1-2H3;7H,3-6H2,1-2H3;4-5H,1-3H3. The number of hydrogen-bond acceptors (Lipinski definition) is 13. The third kappa shape index (κ3) is 17.8. The summed E-state index contributed by atoms with van der Waals surface area (Å²) in [4.78, 5) is 124. The summed E-state index contributed by atoms with van der Waals surface area (Å²) in [6.07, 6.45) is 29.3. The Bertz CT molecular complexity index is 3130. The summed E-state index contributed by atoms with van der Waals surface area (Å²) >= 11 is 0. The van der Waals surface area contributed by atoms with E-state index in [0.717, 1.165) is 144 Å². The molecule has 10 aliphatic carbocycles. The Balaban J connectivity index is 0.000000155. The maximum atomic E-state index is 12.4. The summed E-state index contributed by atoms with van der Waals surface area (Å²) in [5.74, 6) is 5.95. The van der Waals surface area contributed by atoms with E-state index in [0.29, 0.717) is 29.0 Å². The summed E-state index contributed by atoms with van der Waals surface area (Å²) in [7, 11) is 1.53. The van der Waals surface area contributed by atoms with E-state index >= 15 is 0 Å². The number of esters is 3. The Morgan fingerprint density at radius 2 is 1.00 bits per heavy atom. The number of amides is 7. The molecule has 0 aromatic heterocycles. The van der Waals surface area contributed by atoms with Crippen LogP contribution in [0.25, 0.3) is 0 Å². The van der Waals surface area contributed by atoms with Gasteiger partial charge in [-0.1, -0.05) is 134 Å². The first kappa shape index (κ1) is 84.1. The zero-order chi connectivity index (χ0) is 77.1. The van der Waals surface area contributed by atoms with Crippen LogP contribution >= 0.6 is 0 Å². The van der Waals surface area contributed by atoms with E-state index < -0.39 is 0 Å². The van der Waals surface area contributed by atoms with Crippen LogP contribution in [-0.2, 0) is 62.2 Å². The van der Waals surface area contributed by atoms with Crippen LogP contribution in [0.15, 0.2) is 30.3 Å². The van der Waals surface area contributed by atoms with Gasteiger partial charge in [-0.15, -0.1) is 0 Å². The molecule has 1 aromatic rings. The lowest BCUT2D eigenvalue weighted by atomic mass is 9.54. The third-order valence-corrected chi connectivity index (χ3v) is 29.5. The van der Waals surface area contributed by atoms with Gasteiger partial charge in [-0.05, 0) is 242 Å². The topological polar surface area (TPSA) is 211 Å². The minimum atomic E-state index is -0.345. The number of carbonyl (C=O) groups is 10. The van der Waals surface area contributed by atoms with E-state index in [-0.39, 0.29) is 134 Å². The maximum Gasteiger partial charge on any atom is 0.312 e. The highest BCUT2D eigenvalue weighted by molar-refractivity contribution is 6.21. The average Bonchev–Trinajstić information content (AvgIpc) is 1.47. The van der Waals surface area contributed by atoms with E-state index in [1.807, 2.05) is 85.4 Å². The van der Waals surface area contributed by atoms with Crippen LogP contribution in [-0.4, -0.2) is 117 Å². The number of nitrogens with zero attached hydrogens (tertiary/aromatic N) is 4. The van der Waals surface area contributed by atoms with E-state index in [1.54, 1.807) is 44.7 Å². The second-order valence-electron chi connectivity index (χ2n) is 37.4. The van der Waals surface area contributed by atoms with Crippen LogP contribution in [0.2, 0.25) is 0 Å². The highest BCUT2D eigenvalue weighted by Crippen LogP contribution is 2.67. The van der Waals surface area contributed by atoms with Gasteiger partial charge < -0.3 is 19.1 Å². The SMILES string of the molecule is CC1C(=O)N(C)C(=O)C1C.CC1C(=O)N(C2CCCCC2)C(=O)C1C.CC1C(=O)N(c2ccccc2)C(=O)C1C.CCC(C)(C)C(=O)OC12CC3CC(CC(C3)C1)C2.CCC(C)(C)C(=O)OC1CC2CC1C1CCCC21.CCC(C)(C)C(=O)OC1CC2CCC1(C)C2(C)C.CCC(C)N1CCCC1=O. The second-order valence-corrected chi connectivity index (χ2v) is 37.4. The molecule has 584 valence electrons. The minimum absolute atomic E-state index is 0.0143. The van der Waals surface area contributed by atoms with Crippen molar-refractivity contribution >= 4 is 64.9 Å². The molecule has 14 fully saturated rings. The molecule has 8 bridgehead atoms. The van der Waals surface area contributed by atoms with Crippen LogP contribution in [0.5, 0.6) is 0 Å². The van der Waals surface area contributed by atoms with Gasteiger partial charge in [0.15, 0.2) is 0 Å². The van der Waals surface area contributed by atoms with Crippen molar-refractivity contribution in [2.45, 2.75) is 329 Å². The van der Waals surface area contributed by atoms with E-state index in [4.69, 9.17) is 14.2 Å². The number of rotatable bonds is 13. The molecule has 1 aromatic carbocycles. The van der Waals surface area contributed by atoms with E-state index in [1.165, 1.54) is 81.1 Å². The van der Waals surface area contributed by atoms with Crippen molar-refractivity contribution in [1.82, 2.24) is 14.7 Å². The fourth-order valence-electron chi connectivity index (χ4n) is 19.9. The molecule has 14 aliphatic rings. The van der Waals surface area contributed by atoms with Gasteiger partial charge in [-0.2, -0.15) is 0 Å². The first-order valence-electron chi connectivity index (χ1n) is 41.2. The number of imide groups is 3. The summed E-state index contributed by atoms with van der Waals surface area (Å²) < 4.78 is 17.8. The molecule has 7 amide bonds. The second kappa shape index (κ2) is 34.0. The van der Waals surface area contributed by atoms with Crippen molar-refractivity contribution in [2.75, 3.05) is 18.5 Å². The molecule has 15 unspecified atom stereocenters. The number of ether oxygens (including phenoxy) is 3. The van der Waals surface area contributed by atoms with Gasteiger partial charge in [0.1, 0.15) is 17.8 Å². The molecule has 4 heterocycles. The lowest BCUT2D eigenvalue weighted by Crippen LogP contribution is -2.53. The number of hydrogen-bond donors (Lipinski definition) is 0. The normalized spacial score (nSPS) is 35.1. The smallest absolute Gasteiger partial charge is 0.312 e. The molecule has 0 spiro atoms. The number of carbonyl (C=O) groups excluding carboxylic acids is 10. The zero-order valence-electron chi connectivity index (χ0n) is 68.3. The van der Waals surface area contributed by atoms with Crippen LogP contribution in [0.1, 0.15) is 299 Å². The number of likely N-dealkylation sites (tertiary alicyclic amines) is 3. The predicted octanol–water partition coefficient (Wildman–Crippen LogP) is 17.4. The Kier molecular flexibility index (Phi) is 27.5. The van der Waals surface area contributed by atoms with Crippen molar-refractivity contribution in [1.29, 1.82) is 0 Å². The van der Waals surface area contributed by atoms with Crippen molar-refractivity contribution in [2.24, 2.45) is 110 Å². The van der Waals surface area contributed by atoms with Gasteiger partial charge in [-0.25, -0.2) is 0 Å². The first-order valence-corrected chi connectivity index (χ1v) is 41.2. The molecule has 4 saturated heterocycles. The molecule has 15 atom stereocenters. The van der Waals surface area contributed by atoms with Crippen LogP contribution in [0.3, 0.4) is 0 Å². The lowest BCUT2D eigenvalue weighted by Gasteiger charge is -2.56. The molecule has 104 heavy (non-hydrogen) atoms. The lowest BCUT2D eigenvalue weighted by molar-refractivity contribution is -0.196. The monoisotopic (exact) mass is 1450 g/mol. The third-order valence-electron chi connectivity index (χ3n) is 29.5. The van der Waals surface area contributed by atoms with Gasteiger partial charge in [0.2, 0.25) is 41.4 Å². The van der Waals surface area contributed by atoms with Crippen LogP contribution in [0, 0.1) is 110 Å². The van der Waals surface area contributed by atoms with Crippen molar-refractivity contribution in [3.63, 3.8) is 0 Å². The molecular weight excluding hydrogens is 1310 g/mol. The van der Waals surface area contributed by atoms with Crippen LogP contribution < -0.4 is 4.90 Å². The van der Waals surface area contributed by atoms with Gasteiger partial charge in [-0.3, -0.25) is 62.6 Å². The predicted molar refractivity (Wildman–Crippen MR) is 406 cm³/mol. The Morgan fingerprint density at radius 1 is 0.529 bits per heavy atom. The van der Waals surface area contributed by atoms with Crippen LogP contribution in [0.4, 0.5) is 5.69 Å². The fourth-order valence-corrected chi connectivity index (χ4v) is 19.9. The van der Waals surface area contributed by atoms with E-state index in [9.17, 15) is 47.9 Å². The van der Waals surface area contributed by atoms with Crippen molar-refractivity contribution in [3.05, 3.63) is 30.3 Å². The number of benzene rings is 1. The Morgan fingerprint density at radius 3 is 1.43 bits per heavy atom. The molecule has 15 rings (SSSR count). The maximum absolute atomic E-state index is 12.4. The zero-order valence-corrected chi connectivity index (χ0v) is 68.3. The summed E-state index contributed by atoms with van der Waals surface area (Å²) in [5, 5.41) is 0. The van der Waals surface area contributed by atoms with Crippen molar-refractivity contribution in [3.8, 4) is 0 Å². The molecule has 0 radical (unpaired) electrons. The highest BCUT2D eigenvalue weighted by atomic mass is 16.6. The number of para-hydroxylation sites is 1. The molecule has 10 saturated carbocycles. The summed E-state index contributed by atoms with van der Waals surface area (Å²) in [6, 6.07) is 9.72.